The third-order valence-corrected chi connectivity index (χ3v) is 6.58. The van der Waals surface area contributed by atoms with Gasteiger partial charge in [0.05, 0.1) is 10.4 Å². The highest BCUT2D eigenvalue weighted by molar-refractivity contribution is 7.89. The molecule has 2 aromatic rings. The highest BCUT2D eigenvalue weighted by Gasteiger charge is 2.30. The number of nitrogens with zero attached hydrogens (tertiary/aromatic N) is 1. The van der Waals surface area contributed by atoms with E-state index in [1.807, 2.05) is 13.8 Å². The number of aryl methyl sites for hydroxylation is 3. The number of rotatable bonds is 3. The molecule has 2 aliphatic rings. The summed E-state index contributed by atoms with van der Waals surface area (Å²) in [6.45, 7) is 4.44. The fourth-order valence-electron chi connectivity index (χ4n) is 3.56. The highest BCUT2D eigenvalue weighted by Crippen LogP contribution is 2.33. The Morgan fingerprint density at radius 1 is 1.22 bits per heavy atom. The molecule has 5 nitrogen and oxygen atoms in total. The molecule has 6 heteroatoms. The van der Waals surface area contributed by atoms with E-state index in [1.165, 1.54) is 0 Å². The summed E-state index contributed by atoms with van der Waals surface area (Å²) in [7, 11) is -3.50. The van der Waals surface area contributed by atoms with Gasteiger partial charge >= 0.3 is 0 Å². The van der Waals surface area contributed by atoms with E-state index in [0.29, 0.717) is 11.4 Å². The SMILES string of the molecule is Cc1c(S(=O)(=O)NC2CC2)cc2c(C)cc(=O)n3c2c1CCC3. The zero-order valence-electron chi connectivity index (χ0n) is 13.3. The monoisotopic (exact) mass is 332 g/mol. The molecule has 23 heavy (non-hydrogen) atoms. The van der Waals surface area contributed by atoms with Crippen molar-refractivity contribution in [2.75, 3.05) is 0 Å². The number of pyridine rings is 1. The van der Waals surface area contributed by atoms with Crippen LogP contribution in [0, 0.1) is 13.8 Å². The molecule has 1 aromatic carbocycles. The van der Waals surface area contributed by atoms with Gasteiger partial charge in [0.2, 0.25) is 10.0 Å². The molecule has 4 rings (SSSR count). The molecular formula is C17H20N2O3S. The number of aromatic nitrogens is 1. The van der Waals surface area contributed by atoms with Crippen molar-refractivity contribution in [3.05, 3.63) is 39.2 Å². The van der Waals surface area contributed by atoms with Gasteiger partial charge in [-0.05, 0) is 62.3 Å². The zero-order valence-corrected chi connectivity index (χ0v) is 14.2. The van der Waals surface area contributed by atoms with Crippen LogP contribution in [0.2, 0.25) is 0 Å². The first-order chi connectivity index (χ1) is 10.9. The van der Waals surface area contributed by atoms with E-state index in [2.05, 4.69) is 4.72 Å². The average Bonchev–Trinajstić information content (AvgIpc) is 3.29. The van der Waals surface area contributed by atoms with Crippen LogP contribution in [0.5, 0.6) is 0 Å². The first-order valence-corrected chi connectivity index (χ1v) is 9.56. The maximum atomic E-state index is 12.7. The van der Waals surface area contributed by atoms with E-state index < -0.39 is 10.0 Å². The highest BCUT2D eigenvalue weighted by atomic mass is 32.2. The Morgan fingerprint density at radius 3 is 2.65 bits per heavy atom. The largest absolute Gasteiger partial charge is 0.308 e. The molecule has 1 aliphatic carbocycles. The van der Waals surface area contributed by atoms with Crippen LogP contribution in [0.15, 0.2) is 21.8 Å². The topological polar surface area (TPSA) is 68.2 Å². The van der Waals surface area contributed by atoms with Gasteiger partial charge in [-0.1, -0.05) is 0 Å². The Hall–Kier alpha value is -1.66. The average molecular weight is 332 g/mol. The number of hydrogen-bond donors (Lipinski definition) is 1. The van der Waals surface area contributed by atoms with E-state index in [0.717, 1.165) is 53.3 Å². The maximum absolute atomic E-state index is 12.7. The van der Waals surface area contributed by atoms with E-state index in [1.54, 1.807) is 16.7 Å². The third kappa shape index (κ3) is 2.32. The summed E-state index contributed by atoms with van der Waals surface area (Å²) in [5, 5.41) is 0.876. The van der Waals surface area contributed by atoms with Crippen molar-refractivity contribution in [1.82, 2.24) is 9.29 Å². The lowest BCUT2D eigenvalue weighted by Crippen LogP contribution is -2.29. The molecule has 0 spiro atoms. The molecule has 122 valence electrons. The van der Waals surface area contributed by atoms with Gasteiger partial charge in [-0.15, -0.1) is 0 Å². The predicted molar refractivity (Wildman–Crippen MR) is 89.3 cm³/mol. The molecule has 0 radical (unpaired) electrons. The van der Waals surface area contributed by atoms with Gasteiger partial charge in [0.15, 0.2) is 0 Å². The normalized spacial score (nSPS) is 17.7. The van der Waals surface area contributed by atoms with Crippen LogP contribution in [0.1, 0.15) is 36.0 Å². The number of benzene rings is 1. The van der Waals surface area contributed by atoms with E-state index in [9.17, 15) is 13.2 Å². The van der Waals surface area contributed by atoms with Gasteiger partial charge in [-0.25, -0.2) is 13.1 Å². The lowest BCUT2D eigenvalue weighted by atomic mass is 9.95. The van der Waals surface area contributed by atoms with Gasteiger partial charge in [-0.2, -0.15) is 0 Å². The molecule has 0 unspecified atom stereocenters. The standard InChI is InChI=1S/C17H20N2O3S/c1-10-8-16(20)19-7-3-4-13-11(2)15(9-14(10)17(13)19)23(21,22)18-12-5-6-12/h8-9,12,18H,3-7H2,1-2H3. The summed E-state index contributed by atoms with van der Waals surface area (Å²) in [5.74, 6) is 0. The van der Waals surface area contributed by atoms with Crippen LogP contribution in [0.4, 0.5) is 0 Å². The van der Waals surface area contributed by atoms with Gasteiger partial charge in [0.1, 0.15) is 0 Å². The van der Waals surface area contributed by atoms with Gasteiger partial charge in [-0.3, -0.25) is 4.79 Å². The Kier molecular flexibility index (Phi) is 3.19. The Labute approximate surface area is 135 Å². The zero-order chi connectivity index (χ0) is 16.4. The summed E-state index contributed by atoms with van der Waals surface area (Å²) in [6, 6.07) is 3.44. The fraction of sp³-hybridized carbons (Fsp3) is 0.471. The van der Waals surface area contributed by atoms with Crippen molar-refractivity contribution in [2.24, 2.45) is 0 Å². The third-order valence-electron chi connectivity index (χ3n) is 4.94. The van der Waals surface area contributed by atoms with Crippen LogP contribution in [0.3, 0.4) is 0 Å². The van der Waals surface area contributed by atoms with E-state index >= 15 is 0 Å². The Morgan fingerprint density at radius 2 is 1.96 bits per heavy atom. The minimum atomic E-state index is -3.50. The van der Waals surface area contributed by atoms with Gasteiger partial charge in [0, 0.05) is 24.0 Å². The number of sulfonamides is 1. The lowest BCUT2D eigenvalue weighted by Gasteiger charge is -2.24. The minimum absolute atomic E-state index is 0.00191. The predicted octanol–water partition coefficient (Wildman–Crippen LogP) is 2.01. The van der Waals surface area contributed by atoms with Gasteiger partial charge in [0.25, 0.3) is 5.56 Å². The summed E-state index contributed by atoms with van der Waals surface area (Å²) in [5.41, 5.74) is 3.55. The van der Waals surface area contributed by atoms with E-state index in [4.69, 9.17) is 0 Å². The van der Waals surface area contributed by atoms with Crippen molar-refractivity contribution in [2.45, 2.75) is 57.0 Å². The summed E-state index contributed by atoms with van der Waals surface area (Å²) in [6.07, 6.45) is 3.51. The van der Waals surface area contributed by atoms with Gasteiger partial charge < -0.3 is 4.57 Å². The van der Waals surface area contributed by atoms with Crippen LogP contribution in [-0.2, 0) is 23.0 Å². The van der Waals surface area contributed by atoms with Crippen LogP contribution < -0.4 is 10.3 Å². The van der Waals surface area contributed by atoms with E-state index in [-0.39, 0.29) is 11.6 Å². The summed E-state index contributed by atoms with van der Waals surface area (Å²) in [4.78, 5) is 12.6. The molecule has 1 aromatic heterocycles. The van der Waals surface area contributed by atoms with Crippen LogP contribution >= 0.6 is 0 Å². The number of nitrogens with one attached hydrogen (secondary N) is 1. The van der Waals surface area contributed by atoms with Crippen molar-refractivity contribution >= 4 is 20.9 Å². The van der Waals surface area contributed by atoms with Crippen molar-refractivity contribution in [3.8, 4) is 0 Å². The fourth-order valence-corrected chi connectivity index (χ4v) is 5.16. The first-order valence-electron chi connectivity index (χ1n) is 8.07. The second-order valence-electron chi connectivity index (χ2n) is 6.69. The molecule has 0 bridgehead atoms. The molecule has 1 fully saturated rings. The molecule has 1 aliphatic heterocycles. The van der Waals surface area contributed by atoms with Crippen LogP contribution in [-0.4, -0.2) is 19.0 Å². The van der Waals surface area contributed by atoms with Crippen molar-refractivity contribution in [3.63, 3.8) is 0 Å². The Balaban J connectivity index is 2.05. The maximum Gasteiger partial charge on any atom is 0.251 e. The quantitative estimate of drug-likeness (QED) is 0.935. The van der Waals surface area contributed by atoms with Crippen LogP contribution in [0.25, 0.3) is 10.9 Å². The summed E-state index contributed by atoms with van der Waals surface area (Å²) < 4.78 is 30.0. The van der Waals surface area contributed by atoms with Crippen molar-refractivity contribution in [1.29, 1.82) is 0 Å². The molecule has 2 heterocycles. The molecule has 0 atom stereocenters. The molecule has 0 amide bonds. The second-order valence-corrected chi connectivity index (χ2v) is 8.37. The molecule has 1 saturated carbocycles. The summed E-state index contributed by atoms with van der Waals surface area (Å²) >= 11 is 0. The van der Waals surface area contributed by atoms with Crippen molar-refractivity contribution < 1.29 is 8.42 Å². The molecule has 1 N–H and O–H groups in total. The smallest absolute Gasteiger partial charge is 0.251 e. The first kappa shape index (κ1) is 14.9. The lowest BCUT2D eigenvalue weighted by molar-refractivity contribution is 0.579. The minimum Gasteiger partial charge on any atom is -0.308 e. The number of hydrogen-bond acceptors (Lipinski definition) is 3. The Bertz CT molecular complexity index is 985. The molecular weight excluding hydrogens is 312 g/mol. The second kappa shape index (κ2) is 4.92. The molecule has 0 saturated heterocycles.